The summed E-state index contributed by atoms with van der Waals surface area (Å²) >= 11 is 0. The van der Waals surface area contributed by atoms with Gasteiger partial charge in [-0.25, -0.2) is 10.2 Å². The highest BCUT2D eigenvalue weighted by Crippen LogP contribution is 2.19. The minimum Gasteiger partial charge on any atom is -0.497 e. The van der Waals surface area contributed by atoms with Crippen LogP contribution >= 0.6 is 0 Å². The number of nitrogens with one attached hydrogen (secondary N) is 2. The van der Waals surface area contributed by atoms with Gasteiger partial charge in [-0.05, 0) is 24.6 Å². The van der Waals surface area contributed by atoms with Crippen molar-refractivity contribution < 1.29 is 19.7 Å². The third kappa shape index (κ3) is 3.93. The molecular weight excluding hydrogens is 224 g/mol. The third-order valence-electron chi connectivity index (χ3n) is 2.34. The first-order valence-corrected chi connectivity index (χ1v) is 5.11. The molecule has 2 atom stereocenters. The number of ether oxygens (including phenoxy) is 1. The monoisotopic (exact) mass is 240 g/mol. The summed E-state index contributed by atoms with van der Waals surface area (Å²) in [5.41, 5.74) is 5.16. The molecule has 0 heterocycles. The van der Waals surface area contributed by atoms with Crippen LogP contribution in [0.1, 0.15) is 18.6 Å². The van der Waals surface area contributed by atoms with Crippen molar-refractivity contribution in [3.8, 4) is 5.75 Å². The van der Waals surface area contributed by atoms with Crippen molar-refractivity contribution in [1.82, 2.24) is 10.9 Å². The Labute approximate surface area is 99.2 Å². The molecule has 0 aliphatic heterocycles. The van der Waals surface area contributed by atoms with Gasteiger partial charge in [-0.3, -0.25) is 5.43 Å². The highest BCUT2D eigenvalue weighted by molar-refractivity contribution is 5.63. The van der Waals surface area contributed by atoms with Gasteiger partial charge in [-0.1, -0.05) is 12.1 Å². The van der Waals surface area contributed by atoms with Crippen LogP contribution in [-0.2, 0) is 0 Å². The average molecular weight is 240 g/mol. The quantitative estimate of drug-likeness (QED) is 0.574. The maximum absolute atomic E-state index is 10.3. The first kappa shape index (κ1) is 13.3. The lowest BCUT2D eigenvalue weighted by atomic mass is 10.0. The van der Waals surface area contributed by atoms with Gasteiger partial charge in [0.25, 0.3) is 0 Å². The molecule has 0 spiro atoms. The van der Waals surface area contributed by atoms with E-state index in [1.54, 1.807) is 38.3 Å². The van der Waals surface area contributed by atoms with Gasteiger partial charge in [-0.15, -0.1) is 0 Å². The molecule has 1 aromatic carbocycles. The highest BCUT2D eigenvalue weighted by Gasteiger charge is 2.16. The molecule has 1 amide bonds. The van der Waals surface area contributed by atoms with Gasteiger partial charge < -0.3 is 14.9 Å². The number of methoxy groups -OCH3 is 1. The van der Waals surface area contributed by atoms with Crippen LogP contribution in [0.2, 0.25) is 0 Å². The molecule has 0 saturated heterocycles. The fourth-order valence-electron chi connectivity index (χ4n) is 1.34. The number of benzene rings is 1. The predicted octanol–water partition coefficient (Wildman–Crippen LogP) is 0.889. The number of aliphatic hydroxyl groups is 1. The fourth-order valence-corrected chi connectivity index (χ4v) is 1.34. The summed E-state index contributed by atoms with van der Waals surface area (Å²) in [5, 5.41) is 18.3. The summed E-state index contributed by atoms with van der Waals surface area (Å²) in [7, 11) is 1.56. The predicted molar refractivity (Wildman–Crippen MR) is 61.7 cm³/mol. The van der Waals surface area contributed by atoms with Gasteiger partial charge in [0.2, 0.25) is 0 Å². The Bertz CT molecular complexity index is 366. The Kier molecular flexibility index (Phi) is 4.74. The maximum atomic E-state index is 10.3. The SMILES string of the molecule is COc1ccc(C(O)C(C)NNC(=O)O)cc1. The van der Waals surface area contributed by atoms with Gasteiger partial charge in [0.1, 0.15) is 5.75 Å². The average Bonchev–Trinajstić information content (AvgIpc) is 2.35. The Morgan fingerprint density at radius 3 is 2.41 bits per heavy atom. The first-order valence-electron chi connectivity index (χ1n) is 5.11. The number of hydrogen-bond donors (Lipinski definition) is 4. The van der Waals surface area contributed by atoms with E-state index in [2.05, 4.69) is 5.43 Å². The van der Waals surface area contributed by atoms with E-state index in [9.17, 15) is 9.90 Å². The lowest BCUT2D eigenvalue weighted by molar-refractivity contribution is 0.124. The van der Waals surface area contributed by atoms with Crippen molar-refractivity contribution in [2.75, 3.05) is 7.11 Å². The summed E-state index contributed by atoms with van der Waals surface area (Å²) in [5.74, 6) is 0.699. The van der Waals surface area contributed by atoms with Gasteiger partial charge in [-0.2, -0.15) is 0 Å². The Balaban J connectivity index is 2.60. The zero-order valence-corrected chi connectivity index (χ0v) is 9.68. The molecule has 0 aliphatic rings. The number of aliphatic hydroxyl groups excluding tert-OH is 1. The van der Waals surface area contributed by atoms with Gasteiger partial charge >= 0.3 is 6.09 Å². The third-order valence-corrected chi connectivity index (χ3v) is 2.34. The molecule has 17 heavy (non-hydrogen) atoms. The molecule has 0 aliphatic carbocycles. The van der Waals surface area contributed by atoms with E-state index in [0.717, 1.165) is 0 Å². The number of rotatable bonds is 5. The summed E-state index contributed by atoms with van der Waals surface area (Å²) in [6.45, 7) is 1.67. The van der Waals surface area contributed by atoms with Crippen LogP contribution in [0, 0.1) is 0 Å². The van der Waals surface area contributed by atoms with Crippen molar-refractivity contribution in [2.24, 2.45) is 0 Å². The Morgan fingerprint density at radius 2 is 1.94 bits per heavy atom. The van der Waals surface area contributed by atoms with E-state index in [-0.39, 0.29) is 0 Å². The minimum atomic E-state index is -1.20. The van der Waals surface area contributed by atoms with Gasteiger partial charge in [0.15, 0.2) is 0 Å². The van der Waals surface area contributed by atoms with Crippen LogP contribution in [0.15, 0.2) is 24.3 Å². The molecule has 2 unspecified atom stereocenters. The second kappa shape index (κ2) is 6.07. The molecule has 6 nitrogen and oxygen atoms in total. The molecule has 1 rings (SSSR count). The van der Waals surface area contributed by atoms with E-state index < -0.39 is 18.2 Å². The molecule has 0 radical (unpaired) electrons. The largest absolute Gasteiger partial charge is 0.497 e. The fraction of sp³-hybridized carbons (Fsp3) is 0.364. The van der Waals surface area contributed by atoms with Crippen LogP contribution in [0.3, 0.4) is 0 Å². The Morgan fingerprint density at radius 1 is 1.35 bits per heavy atom. The zero-order valence-electron chi connectivity index (χ0n) is 9.68. The number of hydrogen-bond acceptors (Lipinski definition) is 4. The van der Waals surface area contributed by atoms with E-state index in [0.29, 0.717) is 11.3 Å². The summed E-state index contributed by atoms with van der Waals surface area (Å²) in [6.07, 6.45) is -2.01. The lowest BCUT2D eigenvalue weighted by Crippen LogP contribution is -2.44. The number of carbonyl (C=O) groups is 1. The molecule has 1 aromatic rings. The van der Waals surface area contributed by atoms with Crippen LogP contribution < -0.4 is 15.6 Å². The summed E-state index contributed by atoms with van der Waals surface area (Å²) in [6, 6.07) is 6.47. The molecule has 94 valence electrons. The maximum Gasteiger partial charge on any atom is 0.419 e. The Hall–Kier alpha value is -1.79. The van der Waals surface area contributed by atoms with E-state index in [1.165, 1.54) is 0 Å². The topological polar surface area (TPSA) is 90.8 Å². The second-order valence-corrected chi connectivity index (χ2v) is 3.58. The summed E-state index contributed by atoms with van der Waals surface area (Å²) < 4.78 is 5.00. The zero-order chi connectivity index (χ0) is 12.8. The van der Waals surface area contributed by atoms with Crippen LogP contribution in [0.25, 0.3) is 0 Å². The minimum absolute atomic E-state index is 0.445. The van der Waals surface area contributed by atoms with E-state index in [4.69, 9.17) is 9.84 Å². The van der Waals surface area contributed by atoms with Crippen molar-refractivity contribution >= 4 is 6.09 Å². The van der Waals surface area contributed by atoms with E-state index in [1.807, 2.05) is 5.43 Å². The standard InChI is InChI=1S/C11H16N2O4/c1-7(12-13-11(15)16)10(14)8-3-5-9(17-2)6-4-8/h3-7,10,12-14H,1-2H3,(H,15,16). The smallest absolute Gasteiger partial charge is 0.419 e. The molecular formula is C11H16N2O4. The van der Waals surface area contributed by atoms with E-state index >= 15 is 0 Å². The number of hydrazine groups is 1. The number of carboxylic acid groups (broad SMARTS) is 1. The molecule has 0 aromatic heterocycles. The molecule has 6 heteroatoms. The van der Waals surface area contributed by atoms with Gasteiger partial charge in [0.05, 0.1) is 19.3 Å². The second-order valence-electron chi connectivity index (χ2n) is 3.58. The molecule has 0 saturated carbocycles. The van der Waals surface area contributed by atoms with Crippen molar-refractivity contribution in [1.29, 1.82) is 0 Å². The van der Waals surface area contributed by atoms with Crippen LogP contribution in [0.5, 0.6) is 5.75 Å². The van der Waals surface area contributed by atoms with Crippen molar-refractivity contribution in [3.05, 3.63) is 29.8 Å². The molecule has 0 fully saturated rings. The highest BCUT2D eigenvalue weighted by atomic mass is 16.5. The van der Waals surface area contributed by atoms with Crippen LogP contribution in [-0.4, -0.2) is 29.5 Å². The number of amides is 1. The molecule has 0 bridgehead atoms. The van der Waals surface area contributed by atoms with Crippen LogP contribution in [0.4, 0.5) is 4.79 Å². The van der Waals surface area contributed by atoms with Crippen molar-refractivity contribution in [2.45, 2.75) is 19.1 Å². The van der Waals surface area contributed by atoms with Crippen molar-refractivity contribution in [3.63, 3.8) is 0 Å². The lowest BCUT2D eigenvalue weighted by Gasteiger charge is -2.20. The summed E-state index contributed by atoms with van der Waals surface area (Å²) in [4.78, 5) is 10.3. The molecule has 4 N–H and O–H groups in total. The first-order chi connectivity index (χ1) is 8.04. The van der Waals surface area contributed by atoms with Gasteiger partial charge in [0, 0.05) is 0 Å². The normalized spacial score (nSPS) is 13.8.